The second kappa shape index (κ2) is 7.09. The van der Waals surface area contributed by atoms with Gasteiger partial charge in [0.15, 0.2) is 0 Å². The molecule has 2 aromatic rings. The van der Waals surface area contributed by atoms with E-state index in [1.54, 1.807) is 24.3 Å². The lowest BCUT2D eigenvalue weighted by atomic mass is 10.2. The Hall–Kier alpha value is -1.62. The van der Waals surface area contributed by atoms with Gasteiger partial charge in [0.05, 0.1) is 35.5 Å². The Labute approximate surface area is 142 Å². The zero-order chi connectivity index (χ0) is 16.3. The fourth-order valence-electron chi connectivity index (χ4n) is 1.82. The summed E-state index contributed by atoms with van der Waals surface area (Å²) in [6, 6.07) is 7.75. The molecule has 1 N–H and O–H groups in total. The Morgan fingerprint density at radius 3 is 2.23 bits per heavy atom. The standard InChI is InChI=1S/C15H12Cl3NO3/c1-21-13-7-12(14(22-2)6-11(13)18)19-15(20)9-4-3-8(16)5-10(9)17/h3-7H,1-2H3,(H,19,20). The zero-order valence-electron chi connectivity index (χ0n) is 11.7. The summed E-state index contributed by atoms with van der Waals surface area (Å²) in [5.41, 5.74) is 0.710. The van der Waals surface area contributed by atoms with Crippen molar-refractivity contribution in [2.45, 2.75) is 0 Å². The van der Waals surface area contributed by atoms with Crippen molar-refractivity contribution in [3.63, 3.8) is 0 Å². The van der Waals surface area contributed by atoms with Crippen molar-refractivity contribution >= 4 is 46.4 Å². The summed E-state index contributed by atoms with van der Waals surface area (Å²) >= 11 is 17.9. The first-order valence-corrected chi connectivity index (χ1v) is 7.27. The van der Waals surface area contributed by atoms with Crippen molar-refractivity contribution in [2.75, 3.05) is 19.5 Å². The van der Waals surface area contributed by atoms with Crippen molar-refractivity contribution in [1.29, 1.82) is 0 Å². The molecule has 0 aliphatic rings. The van der Waals surface area contributed by atoms with Gasteiger partial charge in [0.2, 0.25) is 0 Å². The van der Waals surface area contributed by atoms with Crippen LogP contribution in [-0.2, 0) is 0 Å². The third kappa shape index (κ3) is 3.58. The number of halogens is 3. The molecule has 0 aliphatic heterocycles. The van der Waals surface area contributed by atoms with Crippen LogP contribution in [0.5, 0.6) is 11.5 Å². The minimum atomic E-state index is -0.399. The molecule has 0 aromatic heterocycles. The molecule has 22 heavy (non-hydrogen) atoms. The van der Waals surface area contributed by atoms with Crippen LogP contribution in [0.4, 0.5) is 5.69 Å². The summed E-state index contributed by atoms with van der Waals surface area (Å²) in [4.78, 5) is 12.3. The molecule has 0 aliphatic carbocycles. The van der Waals surface area contributed by atoms with Gasteiger partial charge in [-0.25, -0.2) is 0 Å². The Morgan fingerprint density at radius 1 is 0.955 bits per heavy atom. The molecule has 0 bridgehead atoms. The molecule has 116 valence electrons. The van der Waals surface area contributed by atoms with E-state index in [0.717, 1.165) is 0 Å². The SMILES string of the molecule is COc1cc(NC(=O)c2ccc(Cl)cc2Cl)c(OC)cc1Cl. The number of rotatable bonds is 4. The van der Waals surface area contributed by atoms with Crippen molar-refractivity contribution in [3.05, 3.63) is 51.0 Å². The average molecular weight is 361 g/mol. The van der Waals surface area contributed by atoms with Crippen molar-refractivity contribution in [2.24, 2.45) is 0 Å². The Morgan fingerprint density at radius 2 is 1.64 bits per heavy atom. The summed E-state index contributed by atoms with van der Waals surface area (Å²) in [5, 5.41) is 3.79. The van der Waals surface area contributed by atoms with Crippen molar-refractivity contribution < 1.29 is 14.3 Å². The van der Waals surface area contributed by atoms with E-state index < -0.39 is 5.91 Å². The summed E-state index contributed by atoms with van der Waals surface area (Å²) in [7, 11) is 2.96. The average Bonchev–Trinajstić information content (AvgIpc) is 2.48. The Kier molecular flexibility index (Phi) is 5.40. The first-order chi connectivity index (χ1) is 10.5. The fourth-order valence-corrected chi connectivity index (χ4v) is 2.55. The van der Waals surface area contributed by atoms with Crippen molar-refractivity contribution in [3.8, 4) is 11.5 Å². The van der Waals surface area contributed by atoms with Gasteiger partial charge < -0.3 is 14.8 Å². The molecule has 0 radical (unpaired) electrons. The van der Waals surface area contributed by atoms with Crippen LogP contribution in [0.25, 0.3) is 0 Å². The van der Waals surface area contributed by atoms with Crippen LogP contribution in [0.3, 0.4) is 0 Å². The maximum atomic E-state index is 12.3. The number of carbonyl (C=O) groups is 1. The van der Waals surface area contributed by atoms with Gasteiger partial charge in [-0.15, -0.1) is 0 Å². The molecule has 0 atom stereocenters. The molecular weight excluding hydrogens is 349 g/mol. The number of benzene rings is 2. The molecule has 2 rings (SSSR count). The Balaban J connectivity index is 2.35. The van der Waals surface area contributed by atoms with Gasteiger partial charge in [-0.3, -0.25) is 4.79 Å². The predicted octanol–water partition coefficient (Wildman–Crippen LogP) is 4.92. The monoisotopic (exact) mass is 359 g/mol. The molecule has 0 spiro atoms. The predicted molar refractivity (Wildman–Crippen MR) is 89.0 cm³/mol. The quantitative estimate of drug-likeness (QED) is 0.842. The number of anilines is 1. The topological polar surface area (TPSA) is 47.6 Å². The van der Waals surface area contributed by atoms with E-state index in [4.69, 9.17) is 44.3 Å². The van der Waals surface area contributed by atoms with E-state index in [-0.39, 0.29) is 5.02 Å². The summed E-state index contributed by atoms with van der Waals surface area (Å²) < 4.78 is 10.3. The Bertz CT molecular complexity index is 719. The highest BCUT2D eigenvalue weighted by Crippen LogP contribution is 2.36. The molecular formula is C15H12Cl3NO3. The fraction of sp³-hybridized carbons (Fsp3) is 0.133. The minimum absolute atomic E-state index is 0.255. The third-order valence-corrected chi connectivity index (χ3v) is 3.74. The van der Waals surface area contributed by atoms with Crippen LogP contribution < -0.4 is 14.8 Å². The highest BCUT2D eigenvalue weighted by Gasteiger charge is 2.15. The lowest BCUT2D eigenvalue weighted by Crippen LogP contribution is -2.13. The van der Waals surface area contributed by atoms with Crippen LogP contribution in [0.1, 0.15) is 10.4 Å². The van der Waals surface area contributed by atoms with Crippen molar-refractivity contribution in [1.82, 2.24) is 0 Å². The van der Waals surface area contributed by atoms with Crippen LogP contribution in [0, 0.1) is 0 Å². The molecule has 0 fully saturated rings. The van der Waals surface area contributed by atoms with E-state index in [1.807, 2.05) is 0 Å². The number of nitrogens with one attached hydrogen (secondary N) is 1. The molecule has 1 amide bonds. The first-order valence-electron chi connectivity index (χ1n) is 6.14. The summed E-state index contributed by atoms with van der Waals surface area (Å²) in [6.45, 7) is 0. The number of ether oxygens (including phenoxy) is 2. The van der Waals surface area contributed by atoms with E-state index in [1.165, 1.54) is 20.3 Å². The van der Waals surface area contributed by atoms with Gasteiger partial charge in [-0.05, 0) is 18.2 Å². The third-order valence-electron chi connectivity index (χ3n) is 2.90. The number of carbonyl (C=O) groups excluding carboxylic acids is 1. The highest BCUT2D eigenvalue weighted by atomic mass is 35.5. The second-order valence-electron chi connectivity index (χ2n) is 4.27. The van der Waals surface area contributed by atoms with Gasteiger partial charge in [-0.1, -0.05) is 34.8 Å². The van der Waals surface area contributed by atoms with E-state index in [0.29, 0.717) is 32.8 Å². The van der Waals surface area contributed by atoms with Gasteiger partial charge in [0.1, 0.15) is 11.5 Å². The van der Waals surface area contributed by atoms with E-state index in [2.05, 4.69) is 5.32 Å². The summed E-state index contributed by atoms with van der Waals surface area (Å²) in [6.07, 6.45) is 0. The van der Waals surface area contributed by atoms with Crippen LogP contribution in [-0.4, -0.2) is 20.1 Å². The first kappa shape index (κ1) is 16.7. The van der Waals surface area contributed by atoms with Gasteiger partial charge in [-0.2, -0.15) is 0 Å². The molecule has 7 heteroatoms. The molecule has 0 heterocycles. The maximum Gasteiger partial charge on any atom is 0.257 e. The molecule has 0 saturated carbocycles. The van der Waals surface area contributed by atoms with Gasteiger partial charge in [0, 0.05) is 17.2 Å². The molecule has 4 nitrogen and oxygen atoms in total. The summed E-state index contributed by atoms with van der Waals surface area (Å²) in [5.74, 6) is 0.425. The molecule has 0 saturated heterocycles. The molecule has 2 aromatic carbocycles. The van der Waals surface area contributed by atoms with Gasteiger partial charge >= 0.3 is 0 Å². The number of hydrogen-bond acceptors (Lipinski definition) is 3. The normalized spacial score (nSPS) is 10.2. The van der Waals surface area contributed by atoms with Crippen LogP contribution >= 0.6 is 34.8 Å². The minimum Gasteiger partial charge on any atom is -0.495 e. The highest BCUT2D eigenvalue weighted by molar-refractivity contribution is 6.37. The number of hydrogen-bond donors (Lipinski definition) is 1. The zero-order valence-corrected chi connectivity index (χ0v) is 14.0. The molecule has 0 unspecified atom stereocenters. The number of methoxy groups -OCH3 is 2. The lowest BCUT2D eigenvalue weighted by Gasteiger charge is -2.13. The van der Waals surface area contributed by atoms with Gasteiger partial charge in [0.25, 0.3) is 5.91 Å². The van der Waals surface area contributed by atoms with Crippen LogP contribution in [0.2, 0.25) is 15.1 Å². The number of amides is 1. The van der Waals surface area contributed by atoms with Crippen LogP contribution in [0.15, 0.2) is 30.3 Å². The smallest absolute Gasteiger partial charge is 0.257 e. The van der Waals surface area contributed by atoms with E-state index >= 15 is 0 Å². The maximum absolute atomic E-state index is 12.3. The van der Waals surface area contributed by atoms with E-state index in [9.17, 15) is 4.79 Å². The largest absolute Gasteiger partial charge is 0.495 e. The second-order valence-corrected chi connectivity index (χ2v) is 5.52. The lowest BCUT2D eigenvalue weighted by molar-refractivity contribution is 0.102.